The smallest absolute Gasteiger partial charge is 0.238 e. The first kappa shape index (κ1) is 15.6. The molecule has 20 heavy (non-hydrogen) atoms. The van der Waals surface area contributed by atoms with Crippen molar-refractivity contribution >= 4 is 34.8 Å². The molecule has 2 rings (SSSR count). The van der Waals surface area contributed by atoms with Gasteiger partial charge in [-0.1, -0.05) is 42.1 Å². The Morgan fingerprint density at radius 3 is 2.50 bits per heavy atom. The Hall–Kier alpha value is -0.770. The molecule has 0 unspecified atom stereocenters. The second-order valence-corrected chi connectivity index (χ2v) is 6.17. The number of para-hydroxylation sites is 1. The highest BCUT2D eigenvalue weighted by molar-refractivity contribution is 6.39. The first-order valence-electron chi connectivity index (χ1n) is 7.05. The molecule has 1 atom stereocenters. The summed E-state index contributed by atoms with van der Waals surface area (Å²) in [6.45, 7) is 2.42. The molecule has 1 amide bonds. The van der Waals surface area contributed by atoms with Crippen molar-refractivity contribution in [2.45, 2.75) is 38.6 Å². The van der Waals surface area contributed by atoms with Crippen molar-refractivity contribution in [3.63, 3.8) is 0 Å². The summed E-state index contributed by atoms with van der Waals surface area (Å²) in [5, 5.41) is 6.95. The van der Waals surface area contributed by atoms with Gasteiger partial charge in [-0.25, -0.2) is 0 Å². The average Bonchev–Trinajstić information content (AvgIpc) is 2.94. The highest BCUT2D eigenvalue weighted by Gasteiger charge is 2.21. The van der Waals surface area contributed by atoms with E-state index < -0.39 is 0 Å². The lowest BCUT2D eigenvalue weighted by Crippen LogP contribution is -2.38. The summed E-state index contributed by atoms with van der Waals surface area (Å²) in [4.78, 5) is 11.9. The van der Waals surface area contributed by atoms with Gasteiger partial charge in [-0.3, -0.25) is 4.79 Å². The molecule has 3 nitrogen and oxygen atoms in total. The Morgan fingerprint density at radius 2 is 1.90 bits per heavy atom. The predicted octanol–water partition coefficient (Wildman–Crippen LogP) is 4.10. The van der Waals surface area contributed by atoms with Crippen molar-refractivity contribution in [1.29, 1.82) is 0 Å². The van der Waals surface area contributed by atoms with Gasteiger partial charge in [-0.05, 0) is 37.8 Å². The van der Waals surface area contributed by atoms with Crippen LogP contribution in [-0.4, -0.2) is 18.5 Å². The van der Waals surface area contributed by atoms with Crippen LogP contribution in [0.2, 0.25) is 10.0 Å². The average molecular weight is 315 g/mol. The fourth-order valence-corrected chi connectivity index (χ4v) is 3.17. The fourth-order valence-electron chi connectivity index (χ4n) is 2.68. The van der Waals surface area contributed by atoms with Gasteiger partial charge in [0, 0.05) is 6.04 Å². The molecule has 1 aliphatic rings. The third-order valence-electron chi connectivity index (χ3n) is 3.92. The number of benzene rings is 1. The van der Waals surface area contributed by atoms with Crippen LogP contribution >= 0.6 is 23.2 Å². The molecule has 0 aromatic heterocycles. The maximum Gasteiger partial charge on any atom is 0.238 e. The van der Waals surface area contributed by atoms with Gasteiger partial charge < -0.3 is 10.6 Å². The molecule has 1 aliphatic carbocycles. The van der Waals surface area contributed by atoms with Crippen molar-refractivity contribution in [1.82, 2.24) is 5.32 Å². The topological polar surface area (TPSA) is 41.1 Å². The maximum atomic E-state index is 11.9. The van der Waals surface area contributed by atoms with E-state index in [1.165, 1.54) is 25.7 Å². The molecule has 0 saturated heterocycles. The number of anilines is 1. The number of hydrogen-bond acceptors (Lipinski definition) is 2. The fraction of sp³-hybridized carbons (Fsp3) is 0.533. The maximum absolute atomic E-state index is 11.9. The van der Waals surface area contributed by atoms with Crippen LogP contribution in [0.3, 0.4) is 0 Å². The van der Waals surface area contributed by atoms with Crippen LogP contribution in [0.4, 0.5) is 5.69 Å². The highest BCUT2D eigenvalue weighted by atomic mass is 35.5. The van der Waals surface area contributed by atoms with Crippen molar-refractivity contribution in [2.24, 2.45) is 5.92 Å². The van der Waals surface area contributed by atoms with Gasteiger partial charge in [0.15, 0.2) is 0 Å². The summed E-state index contributed by atoms with van der Waals surface area (Å²) in [5.41, 5.74) is 0.483. The zero-order valence-electron chi connectivity index (χ0n) is 11.6. The zero-order valence-corrected chi connectivity index (χ0v) is 13.1. The zero-order chi connectivity index (χ0) is 14.5. The number of halogens is 2. The number of amides is 1. The van der Waals surface area contributed by atoms with Crippen LogP contribution in [-0.2, 0) is 4.79 Å². The van der Waals surface area contributed by atoms with E-state index in [1.807, 2.05) is 0 Å². The third-order valence-corrected chi connectivity index (χ3v) is 4.55. The van der Waals surface area contributed by atoms with Gasteiger partial charge in [-0.2, -0.15) is 0 Å². The first-order chi connectivity index (χ1) is 9.58. The van der Waals surface area contributed by atoms with E-state index in [0.29, 0.717) is 27.7 Å². The molecular formula is C15H20Cl2N2O. The lowest BCUT2D eigenvalue weighted by Gasteiger charge is -2.20. The molecule has 1 saturated carbocycles. The number of rotatable bonds is 5. The predicted molar refractivity (Wildman–Crippen MR) is 84.5 cm³/mol. The Bertz CT molecular complexity index is 453. The standard InChI is InChI=1S/C15H20Cl2N2O/c1-10(11-5-2-3-6-11)18-9-14(20)19-15-12(16)7-4-8-13(15)17/h4,7-8,10-11,18H,2-3,5-6,9H2,1H3,(H,19,20)/t10-/m1/s1. The van der Waals surface area contributed by atoms with E-state index in [0.717, 1.165) is 0 Å². The second kappa shape index (κ2) is 7.30. The Kier molecular flexibility index (Phi) is 5.70. The molecule has 0 heterocycles. The number of carbonyl (C=O) groups is 1. The van der Waals surface area contributed by atoms with E-state index in [1.54, 1.807) is 18.2 Å². The number of hydrogen-bond donors (Lipinski definition) is 2. The van der Waals surface area contributed by atoms with Gasteiger partial charge in [0.25, 0.3) is 0 Å². The van der Waals surface area contributed by atoms with Crippen LogP contribution < -0.4 is 10.6 Å². The van der Waals surface area contributed by atoms with Crippen LogP contribution in [0.25, 0.3) is 0 Å². The van der Waals surface area contributed by atoms with Crippen molar-refractivity contribution < 1.29 is 4.79 Å². The van der Waals surface area contributed by atoms with Gasteiger partial charge in [0.1, 0.15) is 0 Å². The minimum absolute atomic E-state index is 0.121. The monoisotopic (exact) mass is 314 g/mol. The molecule has 5 heteroatoms. The molecule has 1 aromatic rings. The van der Waals surface area contributed by atoms with Crippen LogP contribution in [0.1, 0.15) is 32.6 Å². The molecule has 1 aromatic carbocycles. The molecular weight excluding hydrogens is 295 g/mol. The minimum Gasteiger partial charge on any atom is -0.322 e. The molecule has 0 radical (unpaired) electrons. The molecule has 110 valence electrons. The van der Waals surface area contributed by atoms with Crippen LogP contribution in [0.5, 0.6) is 0 Å². The summed E-state index contributed by atoms with van der Waals surface area (Å²) < 4.78 is 0. The number of nitrogens with one attached hydrogen (secondary N) is 2. The largest absolute Gasteiger partial charge is 0.322 e. The molecule has 0 bridgehead atoms. The summed E-state index contributed by atoms with van der Waals surface area (Å²) in [7, 11) is 0. The first-order valence-corrected chi connectivity index (χ1v) is 7.80. The van der Waals surface area contributed by atoms with E-state index >= 15 is 0 Å². The Balaban J connectivity index is 1.83. The molecule has 0 aliphatic heterocycles. The van der Waals surface area contributed by atoms with Crippen molar-refractivity contribution in [3.05, 3.63) is 28.2 Å². The van der Waals surface area contributed by atoms with Gasteiger partial charge in [0.05, 0.1) is 22.3 Å². The van der Waals surface area contributed by atoms with Crippen LogP contribution in [0.15, 0.2) is 18.2 Å². The van der Waals surface area contributed by atoms with Crippen LogP contribution in [0, 0.1) is 5.92 Å². The van der Waals surface area contributed by atoms with Gasteiger partial charge >= 0.3 is 0 Å². The lowest BCUT2D eigenvalue weighted by molar-refractivity contribution is -0.115. The number of carbonyl (C=O) groups excluding carboxylic acids is 1. The summed E-state index contributed by atoms with van der Waals surface area (Å²) >= 11 is 12.0. The summed E-state index contributed by atoms with van der Waals surface area (Å²) in [6.07, 6.45) is 5.12. The van der Waals surface area contributed by atoms with Crippen molar-refractivity contribution in [3.8, 4) is 0 Å². The molecule has 1 fully saturated rings. The Morgan fingerprint density at radius 1 is 1.30 bits per heavy atom. The summed E-state index contributed by atoms with van der Waals surface area (Å²) in [6, 6.07) is 5.53. The molecule has 0 spiro atoms. The third kappa shape index (κ3) is 4.11. The van der Waals surface area contributed by atoms with Crippen molar-refractivity contribution in [2.75, 3.05) is 11.9 Å². The van der Waals surface area contributed by atoms with Gasteiger partial charge in [0.2, 0.25) is 5.91 Å². The Labute approximate surface area is 130 Å². The SMILES string of the molecule is C[C@@H](NCC(=O)Nc1c(Cl)cccc1Cl)C1CCCC1. The van der Waals surface area contributed by atoms with E-state index in [2.05, 4.69) is 17.6 Å². The minimum atomic E-state index is -0.121. The lowest BCUT2D eigenvalue weighted by atomic mass is 10.00. The normalized spacial score (nSPS) is 17.1. The summed E-state index contributed by atoms with van der Waals surface area (Å²) in [5.74, 6) is 0.566. The second-order valence-electron chi connectivity index (χ2n) is 5.36. The van der Waals surface area contributed by atoms with E-state index in [9.17, 15) is 4.79 Å². The van der Waals surface area contributed by atoms with Gasteiger partial charge in [-0.15, -0.1) is 0 Å². The molecule has 2 N–H and O–H groups in total. The van der Waals surface area contributed by atoms with E-state index in [-0.39, 0.29) is 12.5 Å². The van der Waals surface area contributed by atoms with E-state index in [4.69, 9.17) is 23.2 Å². The highest BCUT2D eigenvalue weighted by Crippen LogP contribution is 2.30. The quantitative estimate of drug-likeness (QED) is 0.859.